The second kappa shape index (κ2) is 3.98. The Morgan fingerprint density at radius 3 is 3.06 bits per heavy atom. The quantitative estimate of drug-likeness (QED) is 0.756. The van der Waals surface area contributed by atoms with Crippen LogP contribution in [0.25, 0.3) is 10.9 Å². The number of benzene rings is 1. The van der Waals surface area contributed by atoms with Gasteiger partial charge in [0, 0.05) is 16.8 Å². The molecular weight excluding hydrogens is 216 g/mol. The summed E-state index contributed by atoms with van der Waals surface area (Å²) in [5, 5.41) is 1.10. The van der Waals surface area contributed by atoms with Gasteiger partial charge in [0.1, 0.15) is 0 Å². The zero-order valence-electron chi connectivity index (χ0n) is 9.07. The summed E-state index contributed by atoms with van der Waals surface area (Å²) >= 11 is 1.96. The number of aromatic nitrogens is 1. The molecule has 0 aliphatic carbocycles. The smallest absolute Gasteiger partial charge is 0.0726 e. The van der Waals surface area contributed by atoms with E-state index in [1.54, 1.807) is 0 Å². The van der Waals surface area contributed by atoms with Crippen molar-refractivity contribution in [1.82, 2.24) is 4.98 Å². The van der Waals surface area contributed by atoms with Crippen LogP contribution in [0.1, 0.15) is 17.7 Å². The number of para-hydroxylation sites is 1. The molecule has 1 aromatic heterocycles. The van der Waals surface area contributed by atoms with E-state index in [0.29, 0.717) is 0 Å². The Hall–Kier alpha value is -1.22. The fraction of sp³-hybridized carbons (Fsp3) is 0.308. The predicted octanol–water partition coefficient (Wildman–Crippen LogP) is 3.00. The molecule has 1 aliphatic heterocycles. The summed E-state index contributed by atoms with van der Waals surface area (Å²) in [6.07, 6.45) is 2.29. The maximum absolute atomic E-state index is 6.26. The first kappa shape index (κ1) is 9.97. The summed E-state index contributed by atoms with van der Waals surface area (Å²) in [5.41, 5.74) is 10.7. The van der Waals surface area contributed by atoms with Gasteiger partial charge in [-0.25, -0.2) is 0 Å². The van der Waals surface area contributed by atoms with Gasteiger partial charge >= 0.3 is 0 Å². The van der Waals surface area contributed by atoms with Gasteiger partial charge in [-0.3, -0.25) is 4.98 Å². The van der Waals surface area contributed by atoms with Gasteiger partial charge < -0.3 is 5.73 Å². The highest BCUT2D eigenvalue weighted by atomic mass is 32.2. The fourth-order valence-corrected chi connectivity index (χ4v) is 3.17. The Morgan fingerprint density at radius 2 is 2.12 bits per heavy atom. The molecule has 16 heavy (non-hydrogen) atoms. The summed E-state index contributed by atoms with van der Waals surface area (Å²) in [7, 11) is 0. The Bertz CT molecular complexity index is 537. The van der Waals surface area contributed by atoms with Crippen molar-refractivity contribution in [2.45, 2.75) is 18.6 Å². The van der Waals surface area contributed by atoms with Gasteiger partial charge in [0.25, 0.3) is 0 Å². The normalized spacial score (nSPS) is 15.8. The molecule has 0 bridgehead atoms. The Kier molecular flexibility index (Phi) is 2.48. The molecule has 3 rings (SSSR count). The fourth-order valence-electron chi connectivity index (χ4n) is 2.25. The number of anilines is 1. The minimum Gasteiger partial charge on any atom is -0.398 e. The van der Waals surface area contributed by atoms with E-state index in [2.05, 4.69) is 6.07 Å². The molecule has 0 fully saturated rings. The molecule has 2 aromatic rings. The van der Waals surface area contributed by atoms with Gasteiger partial charge in [-0.2, -0.15) is 11.8 Å². The van der Waals surface area contributed by atoms with Crippen LogP contribution in [0, 0.1) is 0 Å². The van der Waals surface area contributed by atoms with Crippen LogP contribution in [-0.4, -0.2) is 10.7 Å². The molecule has 82 valence electrons. The number of nitrogens with two attached hydrogens (primary N) is 1. The van der Waals surface area contributed by atoms with Gasteiger partial charge in [-0.05, 0) is 30.2 Å². The van der Waals surface area contributed by atoms with Crippen LogP contribution in [0.5, 0.6) is 0 Å². The number of nitrogen functional groups attached to an aromatic ring is 1. The van der Waals surface area contributed by atoms with E-state index in [9.17, 15) is 0 Å². The Balaban J connectivity index is 2.29. The summed E-state index contributed by atoms with van der Waals surface area (Å²) < 4.78 is 0. The highest BCUT2D eigenvalue weighted by Crippen LogP contribution is 2.31. The van der Waals surface area contributed by atoms with E-state index in [0.717, 1.165) is 28.8 Å². The SMILES string of the molecule is Nc1c2c(nc3ccccc13)CSCCC2. The zero-order chi connectivity index (χ0) is 11.0. The van der Waals surface area contributed by atoms with Gasteiger partial charge in [0.05, 0.1) is 11.2 Å². The molecule has 0 saturated carbocycles. The van der Waals surface area contributed by atoms with Gasteiger partial charge in [0.15, 0.2) is 0 Å². The van der Waals surface area contributed by atoms with E-state index in [1.807, 2.05) is 30.0 Å². The highest BCUT2D eigenvalue weighted by molar-refractivity contribution is 7.98. The first-order chi connectivity index (χ1) is 7.86. The van der Waals surface area contributed by atoms with E-state index < -0.39 is 0 Å². The minimum absolute atomic E-state index is 0.947. The summed E-state index contributed by atoms with van der Waals surface area (Å²) in [4.78, 5) is 4.74. The molecule has 2 N–H and O–H groups in total. The second-order valence-corrected chi connectivity index (χ2v) is 5.23. The topological polar surface area (TPSA) is 38.9 Å². The van der Waals surface area contributed by atoms with E-state index in [1.165, 1.54) is 23.4 Å². The third-order valence-corrected chi connectivity index (χ3v) is 4.13. The third-order valence-electron chi connectivity index (χ3n) is 3.08. The van der Waals surface area contributed by atoms with Crippen LogP contribution < -0.4 is 5.73 Å². The third kappa shape index (κ3) is 1.55. The average Bonchev–Trinajstić information content (AvgIpc) is 2.55. The van der Waals surface area contributed by atoms with Crippen molar-refractivity contribution in [3.8, 4) is 0 Å². The van der Waals surface area contributed by atoms with Crippen LogP contribution in [-0.2, 0) is 12.2 Å². The number of fused-ring (bicyclic) bond motifs is 2. The van der Waals surface area contributed by atoms with E-state index in [-0.39, 0.29) is 0 Å². The lowest BCUT2D eigenvalue weighted by Gasteiger charge is -2.11. The van der Waals surface area contributed by atoms with Crippen LogP contribution >= 0.6 is 11.8 Å². The van der Waals surface area contributed by atoms with E-state index >= 15 is 0 Å². The molecule has 1 aliphatic rings. The molecule has 0 unspecified atom stereocenters. The predicted molar refractivity (Wildman–Crippen MR) is 70.6 cm³/mol. The summed E-state index contributed by atoms with van der Waals surface area (Å²) in [5.74, 6) is 2.22. The standard InChI is InChI=1S/C13H14N2S/c14-13-9-4-1-2-6-11(9)15-12-8-16-7-3-5-10(12)13/h1-2,4,6H,3,5,7-8H2,(H2,14,15). The molecule has 0 radical (unpaired) electrons. The lowest BCUT2D eigenvalue weighted by molar-refractivity contribution is 0.929. The molecule has 0 amide bonds. The number of thioether (sulfide) groups is 1. The van der Waals surface area contributed by atoms with Gasteiger partial charge in [-0.15, -0.1) is 0 Å². The number of rotatable bonds is 0. The number of hydrogen-bond donors (Lipinski definition) is 1. The molecule has 2 heterocycles. The zero-order valence-corrected chi connectivity index (χ0v) is 9.89. The van der Waals surface area contributed by atoms with Gasteiger partial charge in [-0.1, -0.05) is 18.2 Å². The molecule has 3 heteroatoms. The number of pyridine rings is 1. The average molecular weight is 230 g/mol. The van der Waals surface area contributed by atoms with E-state index in [4.69, 9.17) is 10.7 Å². The number of hydrogen-bond acceptors (Lipinski definition) is 3. The first-order valence-electron chi connectivity index (χ1n) is 5.60. The maximum Gasteiger partial charge on any atom is 0.0726 e. The lowest BCUT2D eigenvalue weighted by atomic mass is 10.0. The minimum atomic E-state index is 0.947. The molecule has 0 spiro atoms. The molecule has 2 nitrogen and oxygen atoms in total. The second-order valence-electron chi connectivity index (χ2n) is 4.12. The van der Waals surface area contributed by atoms with Crippen molar-refractivity contribution in [1.29, 1.82) is 0 Å². The summed E-state index contributed by atoms with van der Waals surface area (Å²) in [6.45, 7) is 0. The largest absolute Gasteiger partial charge is 0.398 e. The monoisotopic (exact) mass is 230 g/mol. The molecule has 1 aromatic carbocycles. The first-order valence-corrected chi connectivity index (χ1v) is 6.75. The van der Waals surface area contributed by atoms with Crippen LogP contribution in [0.3, 0.4) is 0 Å². The molecule has 0 atom stereocenters. The van der Waals surface area contributed by atoms with Gasteiger partial charge in [0.2, 0.25) is 0 Å². The Morgan fingerprint density at radius 1 is 1.25 bits per heavy atom. The van der Waals surface area contributed by atoms with Crippen LogP contribution in [0.4, 0.5) is 5.69 Å². The molecular formula is C13H14N2S. The summed E-state index contributed by atoms with van der Waals surface area (Å²) in [6, 6.07) is 8.15. The van der Waals surface area contributed by atoms with Crippen LogP contribution in [0.15, 0.2) is 24.3 Å². The van der Waals surface area contributed by atoms with Crippen LogP contribution in [0.2, 0.25) is 0 Å². The van der Waals surface area contributed by atoms with Crippen molar-refractivity contribution in [3.63, 3.8) is 0 Å². The number of nitrogens with zero attached hydrogens (tertiary/aromatic N) is 1. The van der Waals surface area contributed by atoms with Crippen molar-refractivity contribution in [2.24, 2.45) is 0 Å². The highest BCUT2D eigenvalue weighted by Gasteiger charge is 2.14. The maximum atomic E-state index is 6.26. The Labute approximate surface area is 99.2 Å². The molecule has 0 saturated heterocycles. The lowest BCUT2D eigenvalue weighted by Crippen LogP contribution is -2.02. The van der Waals surface area contributed by atoms with Crippen molar-refractivity contribution >= 4 is 28.4 Å². The van der Waals surface area contributed by atoms with Crippen molar-refractivity contribution in [2.75, 3.05) is 11.5 Å². The van der Waals surface area contributed by atoms with Crippen molar-refractivity contribution < 1.29 is 0 Å². The van der Waals surface area contributed by atoms with Crippen molar-refractivity contribution in [3.05, 3.63) is 35.5 Å².